The molecule has 0 radical (unpaired) electrons. The first-order chi connectivity index (χ1) is 10.5. The molecule has 0 rings (SSSR count). The highest BCUT2D eigenvalue weighted by Crippen LogP contribution is 1.96. The molecule has 176 valence electrons. The zero-order valence-electron chi connectivity index (χ0n) is 13.5. The minimum atomic E-state index is -0.305. The van der Waals surface area contributed by atoms with Crippen molar-refractivity contribution in [3.8, 4) is 0 Å². The van der Waals surface area contributed by atoms with Gasteiger partial charge in [-0.1, -0.05) is 44.6 Å². The number of unbranched alkanes of at least 4 members (excludes halogenated alkanes) is 2. The van der Waals surface area contributed by atoms with Crippen molar-refractivity contribution < 1.29 is 28.6 Å². The highest BCUT2D eigenvalue weighted by atomic mass is 16.5. The van der Waals surface area contributed by atoms with Gasteiger partial charge in [-0.05, 0) is 33.1 Å². The van der Waals surface area contributed by atoms with Gasteiger partial charge >= 0.3 is 0 Å². The van der Waals surface area contributed by atoms with Gasteiger partial charge in [0.05, 0.1) is 19.8 Å². The monoisotopic (exact) mass is 413 g/mol. The third-order valence-corrected chi connectivity index (χ3v) is 2.52. The quantitative estimate of drug-likeness (QED) is 0.402. The number of hydrogen-bond acceptors (Lipinski definition) is 6. The van der Waals surface area contributed by atoms with Crippen molar-refractivity contribution in [3.05, 3.63) is 0 Å². The third kappa shape index (κ3) is 39.7. The number of rotatable bonds is 15. The molecule has 0 fully saturated rings. The topological polar surface area (TPSA) is 90.9 Å². The Labute approximate surface area is 175 Å². The van der Waals surface area contributed by atoms with Crippen molar-refractivity contribution in [2.24, 2.45) is 0 Å². The van der Waals surface area contributed by atoms with Crippen LogP contribution in [0, 0.1) is 0 Å². The van der Waals surface area contributed by atoms with Gasteiger partial charge in [-0.2, -0.15) is 0 Å². The Bertz CT molecular complexity index is 335. The molecular weight excluding hydrogens is 362 g/mol. The van der Waals surface area contributed by atoms with Crippen LogP contribution in [0.4, 0.5) is 0 Å². The Morgan fingerprint density at radius 2 is 1.07 bits per heavy atom. The summed E-state index contributed by atoms with van der Waals surface area (Å²) < 4.78 is 15.6. The van der Waals surface area contributed by atoms with Gasteiger partial charge in [0.15, 0.2) is 5.78 Å². The average Bonchev–Trinajstić information content (AvgIpc) is 2.45. The fraction of sp³-hybridized carbons (Fsp3) is 0.857. The standard InChI is InChI=1S/C15H27NO6.6CH4/c1-13(17)10-16-15(19)12-22-9-8-20-6-4-3-5-7-21-11-14(2)18;;;;;;/h3-12H2,1-2H3,(H,16,19);6*1H4. The van der Waals surface area contributed by atoms with Gasteiger partial charge in [0.2, 0.25) is 5.91 Å². The molecule has 0 spiro atoms. The molecule has 0 saturated carbocycles. The molecule has 1 N–H and O–H groups in total. The van der Waals surface area contributed by atoms with Crippen LogP contribution < -0.4 is 5.32 Å². The van der Waals surface area contributed by atoms with Crippen LogP contribution in [-0.4, -0.2) is 63.7 Å². The Morgan fingerprint density at radius 3 is 1.57 bits per heavy atom. The van der Waals surface area contributed by atoms with Crippen LogP contribution in [0.3, 0.4) is 0 Å². The molecule has 0 aliphatic heterocycles. The Kier molecular flexibility index (Phi) is 54.0. The lowest BCUT2D eigenvalue weighted by Gasteiger charge is -2.06. The highest BCUT2D eigenvalue weighted by Gasteiger charge is 2.02. The average molecular weight is 414 g/mol. The Balaban J connectivity index is -0.000000147. The number of ketones is 2. The van der Waals surface area contributed by atoms with Crippen molar-refractivity contribution >= 4 is 17.5 Å². The number of ether oxygens (including phenoxy) is 3. The van der Waals surface area contributed by atoms with Gasteiger partial charge in [-0.15, -0.1) is 0 Å². The fourth-order valence-electron chi connectivity index (χ4n) is 1.46. The second kappa shape index (κ2) is 33.3. The van der Waals surface area contributed by atoms with Crippen molar-refractivity contribution in [2.45, 2.75) is 77.7 Å². The third-order valence-electron chi connectivity index (χ3n) is 2.52. The summed E-state index contributed by atoms with van der Waals surface area (Å²) in [4.78, 5) is 32.4. The number of nitrogens with one attached hydrogen (secondary N) is 1. The molecule has 0 heterocycles. The van der Waals surface area contributed by atoms with Crippen LogP contribution >= 0.6 is 0 Å². The van der Waals surface area contributed by atoms with E-state index in [9.17, 15) is 14.4 Å². The van der Waals surface area contributed by atoms with Gasteiger partial charge in [-0.25, -0.2) is 0 Å². The molecular formula is C21H51NO6. The molecule has 28 heavy (non-hydrogen) atoms. The van der Waals surface area contributed by atoms with E-state index < -0.39 is 0 Å². The van der Waals surface area contributed by atoms with Crippen LogP contribution in [0.15, 0.2) is 0 Å². The molecule has 0 unspecified atom stereocenters. The second-order valence-electron chi connectivity index (χ2n) is 4.96. The number of Topliss-reactive ketones (excluding diaryl/α,β-unsaturated/α-hetero) is 2. The maximum Gasteiger partial charge on any atom is 0.246 e. The minimum absolute atomic E-state index is 0. The van der Waals surface area contributed by atoms with Crippen LogP contribution in [0.25, 0.3) is 0 Å². The minimum Gasteiger partial charge on any atom is -0.379 e. The van der Waals surface area contributed by atoms with Gasteiger partial charge in [-0.3, -0.25) is 14.4 Å². The summed E-state index contributed by atoms with van der Waals surface area (Å²) in [7, 11) is 0. The summed E-state index contributed by atoms with van der Waals surface area (Å²) in [6.45, 7) is 5.07. The lowest BCUT2D eigenvalue weighted by Crippen LogP contribution is -2.31. The van der Waals surface area contributed by atoms with Gasteiger partial charge in [0.25, 0.3) is 0 Å². The van der Waals surface area contributed by atoms with Gasteiger partial charge < -0.3 is 19.5 Å². The van der Waals surface area contributed by atoms with E-state index in [1.165, 1.54) is 13.8 Å². The van der Waals surface area contributed by atoms with Crippen molar-refractivity contribution in [2.75, 3.05) is 46.2 Å². The molecule has 0 aliphatic carbocycles. The summed E-state index contributed by atoms with van der Waals surface area (Å²) in [5.41, 5.74) is 0. The van der Waals surface area contributed by atoms with Crippen molar-refractivity contribution in [1.82, 2.24) is 5.32 Å². The van der Waals surface area contributed by atoms with Crippen LogP contribution in [0.1, 0.15) is 77.7 Å². The molecule has 0 bridgehead atoms. The fourth-order valence-corrected chi connectivity index (χ4v) is 1.46. The normalized spacial score (nSPS) is 8.21. The number of amides is 1. The van der Waals surface area contributed by atoms with E-state index in [2.05, 4.69) is 5.32 Å². The molecule has 0 aliphatic rings. The molecule has 1 amide bonds. The molecule has 0 aromatic heterocycles. The summed E-state index contributed by atoms with van der Waals surface area (Å²) in [5.74, 6) is -0.359. The first-order valence-electron chi connectivity index (χ1n) is 7.51. The Morgan fingerprint density at radius 1 is 0.607 bits per heavy atom. The van der Waals surface area contributed by atoms with E-state index >= 15 is 0 Å². The number of hydrogen-bond donors (Lipinski definition) is 1. The zero-order chi connectivity index (χ0) is 16.6. The van der Waals surface area contributed by atoms with E-state index in [4.69, 9.17) is 14.2 Å². The lowest BCUT2D eigenvalue weighted by molar-refractivity contribution is -0.128. The van der Waals surface area contributed by atoms with Crippen LogP contribution in [0.5, 0.6) is 0 Å². The summed E-state index contributed by atoms with van der Waals surface area (Å²) >= 11 is 0. The maximum absolute atomic E-state index is 11.2. The van der Waals surface area contributed by atoms with E-state index in [-0.39, 0.29) is 81.8 Å². The Hall–Kier alpha value is -1.31. The maximum atomic E-state index is 11.2. The summed E-state index contributed by atoms with van der Waals surface area (Å²) in [5, 5.41) is 2.44. The zero-order valence-corrected chi connectivity index (χ0v) is 13.5. The molecule has 7 heteroatoms. The lowest BCUT2D eigenvalue weighted by atomic mass is 10.2. The summed E-state index contributed by atoms with van der Waals surface area (Å²) in [6.07, 6.45) is 2.80. The molecule has 0 aromatic carbocycles. The SMILES string of the molecule is C.C.C.C.C.C.CC(=O)CNC(=O)COCCOCCCCCOCC(C)=O. The molecule has 0 atom stereocenters. The van der Waals surface area contributed by atoms with E-state index in [0.29, 0.717) is 26.4 Å². The predicted molar refractivity (Wildman–Crippen MR) is 121 cm³/mol. The van der Waals surface area contributed by atoms with Crippen LogP contribution in [-0.2, 0) is 28.6 Å². The van der Waals surface area contributed by atoms with Gasteiger partial charge in [0, 0.05) is 13.2 Å². The van der Waals surface area contributed by atoms with E-state index in [1.807, 2.05) is 0 Å². The largest absolute Gasteiger partial charge is 0.379 e. The van der Waals surface area contributed by atoms with Crippen molar-refractivity contribution in [1.29, 1.82) is 0 Å². The molecule has 0 aromatic rings. The number of carbonyl (C=O) groups excluding carboxylic acids is 3. The van der Waals surface area contributed by atoms with E-state index in [1.54, 1.807) is 0 Å². The first kappa shape index (κ1) is 45.4. The number of carbonyl (C=O) groups is 3. The molecule has 7 nitrogen and oxygen atoms in total. The van der Waals surface area contributed by atoms with Gasteiger partial charge in [0.1, 0.15) is 19.0 Å². The van der Waals surface area contributed by atoms with E-state index in [0.717, 1.165) is 19.3 Å². The molecule has 0 saturated heterocycles. The first-order valence-corrected chi connectivity index (χ1v) is 7.51. The van der Waals surface area contributed by atoms with Crippen LogP contribution in [0.2, 0.25) is 0 Å². The second-order valence-corrected chi connectivity index (χ2v) is 4.96. The van der Waals surface area contributed by atoms with Crippen molar-refractivity contribution in [3.63, 3.8) is 0 Å². The summed E-state index contributed by atoms with van der Waals surface area (Å²) in [6, 6.07) is 0. The smallest absolute Gasteiger partial charge is 0.246 e. The highest BCUT2D eigenvalue weighted by molar-refractivity contribution is 5.84. The predicted octanol–water partition coefficient (Wildman–Crippen LogP) is 4.32.